The molecule has 1 aromatic heterocycles. The van der Waals surface area contributed by atoms with Crippen molar-refractivity contribution in [2.75, 3.05) is 12.4 Å². The van der Waals surface area contributed by atoms with E-state index in [1.807, 2.05) is 0 Å². The molecular weight excluding hydrogens is 408 g/mol. The van der Waals surface area contributed by atoms with Crippen LogP contribution in [0.1, 0.15) is 10.6 Å². The number of aromatic amines is 1. The number of tetrazole rings is 1. The molecule has 13 nitrogen and oxygen atoms in total. The van der Waals surface area contributed by atoms with Gasteiger partial charge < -0.3 is 10.1 Å². The van der Waals surface area contributed by atoms with E-state index in [0.717, 1.165) is 17.9 Å². The fourth-order valence-electron chi connectivity index (χ4n) is 2.46. The maximum absolute atomic E-state index is 12.6. The largest absolute Gasteiger partial charge is 0.488 e. The number of hydrogen-bond acceptors (Lipinski definition) is 8. The molecule has 29 heavy (non-hydrogen) atoms. The molecule has 0 aliphatic carbocycles. The van der Waals surface area contributed by atoms with Gasteiger partial charge in [-0.3, -0.25) is 19.5 Å². The van der Waals surface area contributed by atoms with E-state index >= 15 is 0 Å². The summed E-state index contributed by atoms with van der Waals surface area (Å²) in [4.78, 5) is 22.3. The van der Waals surface area contributed by atoms with Crippen LogP contribution in [0.5, 0.6) is 5.75 Å². The normalized spacial score (nSPS) is 11.1. The van der Waals surface area contributed by atoms with Crippen molar-refractivity contribution in [1.29, 1.82) is 0 Å². The Balaban J connectivity index is 2.17. The highest BCUT2D eigenvalue weighted by Gasteiger charge is 2.33. The molecule has 0 fully saturated rings. The van der Waals surface area contributed by atoms with Crippen LogP contribution < -0.4 is 14.7 Å². The number of para-hydroxylation sites is 1. The molecule has 1 amide bonds. The van der Waals surface area contributed by atoms with Gasteiger partial charge in [0.1, 0.15) is 9.99 Å². The topological polar surface area (TPSA) is 181 Å². The van der Waals surface area contributed by atoms with E-state index in [1.54, 1.807) is 30.3 Å². The number of anilines is 1. The lowest BCUT2D eigenvalue weighted by atomic mass is 10.2. The Labute approximate surface area is 162 Å². The number of rotatable bonds is 6. The molecule has 14 heteroatoms. The maximum atomic E-state index is 12.6. The molecule has 0 radical (unpaired) electrons. The van der Waals surface area contributed by atoms with Crippen LogP contribution in [0.2, 0.25) is 0 Å². The zero-order valence-electron chi connectivity index (χ0n) is 14.6. The average molecular weight is 421 g/mol. The van der Waals surface area contributed by atoms with Crippen LogP contribution in [0.3, 0.4) is 0 Å². The summed E-state index contributed by atoms with van der Waals surface area (Å²) in [5.41, 5.74) is -0.594. The quantitative estimate of drug-likeness (QED) is 0.221. The molecule has 0 saturated heterocycles. The van der Waals surface area contributed by atoms with Crippen LogP contribution in [-0.4, -0.2) is 46.4 Å². The van der Waals surface area contributed by atoms with Gasteiger partial charge in [-0.25, -0.2) is 0 Å². The van der Waals surface area contributed by atoms with Crippen molar-refractivity contribution in [2.24, 2.45) is 0 Å². The van der Waals surface area contributed by atoms with Crippen molar-refractivity contribution in [2.45, 2.75) is 4.90 Å². The summed E-state index contributed by atoms with van der Waals surface area (Å²) in [7, 11) is -3.69. The maximum Gasteiger partial charge on any atom is 0.395 e. The summed E-state index contributed by atoms with van der Waals surface area (Å²) >= 11 is 0. The lowest BCUT2D eigenvalue weighted by Crippen LogP contribution is -2.41. The number of amides is 1. The van der Waals surface area contributed by atoms with E-state index < -0.39 is 31.5 Å². The van der Waals surface area contributed by atoms with Crippen molar-refractivity contribution in [1.82, 2.24) is 15.5 Å². The number of nitro groups is 1. The van der Waals surface area contributed by atoms with Crippen LogP contribution in [0, 0.1) is 10.1 Å². The van der Waals surface area contributed by atoms with Crippen LogP contribution in [0.4, 0.5) is 11.4 Å². The zero-order chi connectivity index (χ0) is 21.2. The molecule has 1 heterocycles. The first-order valence-electron chi connectivity index (χ1n) is 7.76. The Morgan fingerprint density at radius 1 is 1.31 bits per heavy atom. The van der Waals surface area contributed by atoms with E-state index in [0.29, 0.717) is 11.8 Å². The number of H-pyrrole nitrogens is 1. The molecular formula is C15H13N6O7S+. The highest BCUT2D eigenvalue weighted by Crippen LogP contribution is 2.34. The number of hydrogen-bond donors (Lipinski definition) is 3. The molecule has 2 aromatic carbocycles. The van der Waals surface area contributed by atoms with Crippen LogP contribution in [0.15, 0.2) is 47.4 Å². The third-order valence-corrected chi connectivity index (χ3v) is 4.53. The van der Waals surface area contributed by atoms with E-state index in [2.05, 4.69) is 20.8 Å². The molecule has 0 spiro atoms. The number of methoxy groups -OCH3 is 1. The first kappa shape index (κ1) is 19.8. The van der Waals surface area contributed by atoms with Crippen molar-refractivity contribution in [3.63, 3.8) is 0 Å². The first-order chi connectivity index (χ1) is 13.7. The number of ether oxygens (including phenoxy) is 1. The minimum Gasteiger partial charge on any atom is -0.488 e. The summed E-state index contributed by atoms with van der Waals surface area (Å²) < 4.78 is 38.4. The van der Waals surface area contributed by atoms with E-state index in [9.17, 15) is 27.9 Å². The number of nitrogens with zero attached hydrogens (tertiary/aromatic N) is 4. The number of benzene rings is 2. The Kier molecular flexibility index (Phi) is 5.20. The van der Waals surface area contributed by atoms with Gasteiger partial charge in [0, 0.05) is 17.8 Å². The molecule has 0 atom stereocenters. The molecule has 3 aromatic rings. The van der Waals surface area contributed by atoms with Gasteiger partial charge in [0.15, 0.2) is 10.9 Å². The third-order valence-electron chi connectivity index (χ3n) is 3.70. The van der Waals surface area contributed by atoms with Gasteiger partial charge >= 0.3 is 17.4 Å². The van der Waals surface area contributed by atoms with Gasteiger partial charge in [-0.2, -0.15) is 8.42 Å². The minimum atomic E-state index is -4.81. The van der Waals surface area contributed by atoms with Crippen molar-refractivity contribution < 1.29 is 32.1 Å². The number of aromatic nitrogens is 4. The second-order valence-electron chi connectivity index (χ2n) is 5.51. The van der Waals surface area contributed by atoms with E-state index in [1.165, 1.54) is 0 Å². The van der Waals surface area contributed by atoms with Crippen LogP contribution >= 0.6 is 0 Å². The molecule has 0 aliphatic rings. The number of nitro benzene ring substituents is 1. The second kappa shape index (κ2) is 7.61. The smallest absolute Gasteiger partial charge is 0.395 e. The van der Waals surface area contributed by atoms with Crippen molar-refractivity contribution in [3.8, 4) is 11.4 Å². The standard InChI is InChI=1S/C15H12N6O7S/c1-28-13-11(7-10(29(25,26)27)8-12(13)21(23)24)20-14(17-18-19-20)15(22)16-9-5-3-2-4-6-9/h2-8H,1H3,(H2,16,22,25,26,27)/p+1. The molecule has 0 saturated carbocycles. The van der Waals surface area contributed by atoms with E-state index in [4.69, 9.17) is 4.74 Å². The van der Waals surface area contributed by atoms with Crippen molar-refractivity contribution in [3.05, 3.63) is 58.4 Å². The highest BCUT2D eigenvalue weighted by atomic mass is 32.2. The van der Waals surface area contributed by atoms with Gasteiger partial charge in [-0.1, -0.05) is 23.4 Å². The summed E-state index contributed by atoms with van der Waals surface area (Å²) in [6.45, 7) is 0. The number of nitrogens with one attached hydrogen (secondary N) is 2. The van der Waals surface area contributed by atoms with Gasteiger partial charge in [-0.05, 0) is 12.1 Å². The Hall–Kier alpha value is -3.91. The Morgan fingerprint density at radius 3 is 2.59 bits per heavy atom. The molecule has 0 bridgehead atoms. The van der Waals surface area contributed by atoms with Crippen LogP contribution in [-0.2, 0) is 10.1 Å². The fourth-order valence-corrected chi connectivity index (χ4v) is 2.98. The first-order valence-corrected chi connectivity index (χ1v) is 9.20. The summed E-state index contributed by atoms with van der Waals surface area (Å²) in [5.74, 6) is -1.48. The monoisotopic (exact) mass is 421 g/mol. The molecule has 0 aliphatic heterocycles. The Bertz CT molecular complexity index is 1190. The summed E-state index contributed by atoms with van der Waals surface area (Å²) in [5, 5.41) is 23.4. The third kappa shape index (κ3) is 4.02. The molecule has 150 valence electrons. The fraction of sp³-hybridized carbons (Fsp3) is 0.0667. The molecule has 3 rings (SSSR count). The average Bonchev–Trinajstić information content (AvgIpc) is 3.16. The van der Waals surface area contributed by atoms with Gasteiger partial charge in [0.25, 0.3) is 10.1 Å². The number of carbonyl (C=O) groups is 1. The molecule has 3 N–H and O–H groups in total. The Morgan fingerprint density at radius 2 is 2.00 bits per heavy atom. The SMILES string of the molecule is COc1c([N+](=O)[O-])cc(S(=O)(=O)O)cc1-[n+]1[nH]nnc1C(=O)Nc1ccccc1. The van der Waals surface area contributed by atoms with Gasteiger partial charge in [0.2, 0.25) is 5.75 Å². The second-order valence-corrected chi connectivity index (χ2v) is 6.93. The highest BCUT2D eigenvalue weighted by molar-refractivity contribution is 7.85. The zero-order valence-corrected chi connectivity index (χ0v) is 15.5. The summed E-state index contributed by atoms with van der Waals surface area (Å²) in [6.07, 6.45) is 0. The predicted molar refractivity (Wildman–Crippen MR) is 95.3 cm³/mol. The van der Waals surface area contributed by atoms with Gasteiger partial charge in [-0.15, -0.1) is 4.68 Å². The number of carbonyl (C=O) groups excluding carboxylic acids is 1. The lowest BCUT2D eigenvalue weighted by Gasteiger charge is -2.09. The predicted octanol–water partition coefficient (Wildman–Crippen LogP) is 0.497. The lowest BCUT2D eigenvalue weighted by molar-refractivity contribution is -0.662. The summed E-state index contributed by atoms with van der Waals surface area (Å²) in [6, 6.07) is 9.87. The minimum absolute atomic E-state index is 0.280. The molecule has 0 unspecified atom stereocenters. The van der Waals surface area contributed by atoms with E-state index in [-0.39, 0.29) is 17.3 Å². The van der Waals surface area contributed by atoms with Crippen LogP contribution in [0.25, 0.3) is 5.69 Å². The van der Waals surface area contributed by atoms with Crippen molar-refractivity contribution >= 4 is 27.4 Å². The van der Waals surface area contributed by atoms with Gasteiger partial charge in [0.05, 0.1) is 12.0 Å².